The van der Waals surface area contributed by atoms with E-state index in [4.69, 9.17) is 4.74 Å². The minimum atomic E-state index is -0.252. The van der Waals surface area contributed by atoms with Crippen LogP contribution in [-0.2, 0) is 13.1 Å². The van der Waals surface area contributed by atoms with Gasteiger partial charge in [-0.1, -0.05) is 12.1 Å². The fourth-order valence-corrected chi connectivity index (χ4v) is 2.33. The number of hydrogen-bond acceptors (Lipinski definition) is 3. The van der Waals surface area contributed by atoms with Crippen molar-refractivity contribution in [2.45, 2.75) is 13.1 Å². The maximum absolute atomic E-state index is 13.0. The van der Waals surface area contributed by atoms with Crippen molar-refractivity contribution < 1.29 is 14.2 Å². The van der Waals surface area contributed by atoms with Gasteiger partial charge >= 0.3 is 0 Å². The van der Waals surface area contributed by atoms with E-state index >= 15 is 0 Å². The minimum Gasteiger partial charge on any atom is -0.508 e. The molecule has 0 aromatic heterocycles. The second kappa shape index (κ2) is 8.19. The molecule has 0 aliphatic rings. The topological polar surface area (TPSA) is 57.1 Å². The fourth-order valence-electron chi connectivity index (χ4n) is 2.33. The van der Waals surface area contributed by atoms with Gasteiger partial charge in [-0.2, -0.15) is 0 Å². The summed E-state index contributed by atoms with van der Waals surface area (Å²) in [4.78, 5) is 6.15. The number of halogens is 1. The summed E-state index contributed by atoms with van der Waals surface area (Å²) in [5.74, 6) is 1.29. The van der Waals surface area contributed by atoms with Gasteiger partial charge in [-0.25, -0.2) is 4.39 Å². The molecule has 0 aliphatic carbocycles. The number of ether oxygens (including phenoxy) is 1. The molecule has 2 N–H and O–H groups in total. The lowest BCUT2D eigenvalue weighted by Crippen LogP contribution is -2.38. The molecule has 0 amide bonds. The first-order valence-electron chi connectivity index (χ1n) is 7.55. The Balaban J connectivity index is 2.00. The van der Waals surface area contributed by atoms with Crippen LogP contribution in [0.2, 0.25) is 0 Å². The summed E-state index contributed by atoms with van der Waals surface area (Å²) in [6, 6.07) is 11.4. The molecule has 128 valence electrons. The molecular weight excluding hydrogens is 309 g/mol. The molecule has 0 saturated heterocycles. The van der Waals surface area contributed by atoms with E-state index in [1.54, 1.807) is 44.5 Å². The zero-order valence-electron chi connectivity index (χ0n) is 14.1. The number of aromatic hydroxyl groups is 1. The van der Waals surface area contributed by atoms with Crippen molar-refractivity contribution >= 4 is 5.96 Å². The molecule has 2 aromatic rings. The van der Waals surface area contributed by atoms with Crippen molar-refractivity contribution in [1.82, 2.24) is 10.2 Å². The Bertz CT molecular complexity index is 702. The van der Waals surface area contributed by atoms with E-state index in [0.717, 1.165) is 5.56 Å². The minimum absolute atomic E-state index is 0.194. The molecule has 0 radical (unpaired) electrons. The SMILES string of the molecule is CN=C(NCc1cc(OC)ccc1O)N(C)Cc1ccc(F)cc1. The Morgan fingerprint density at radius 2 is 1.96 bits per heavy atom. The molecule has 24 heavy (non-hydrogen) atoms. The van der Waals surface area contributed by atoms with Crippen LogP contribution in [0.25, 0.3) is 0 Å². The molecule has 0 fully saturated rings. The van der Waals surface area contributed by atoms with Gasteiger partial charge in [0.1, 0.15) is 17.3 Å². The van der Waals surface area contributed by atoms with E-state index in [1.165, 1.54) is 12.1 Å². The highest BCUT2D eigenvalue weighted by molar-refractivity contribution is 5.79. The largest absolute Gasteiger partial charge is 0.508 e. The maximum Gasteiger partial charge on any atom is 0.193 e. The van der Waals surface area contributed by atoms with Crippen LogP contribution in [0.3, 0.4) is 0 Å². The second-order valence-corrected chi connectivity index (χ2v) is 5.38. The monoisotopic (exact) mass is 331 g/mol. The predicted octanol–water partition coefficient (Wildman–Crippen LogP) is 2.75. The van der Waals surface area contributed by atoms with Crippen molar-refractivity contribution in [1.29, 1.82) is 0 Å². The van der Waals surface area contributed by atoms with Gasteiger partial charge < -0.3 is 20.1 Å². The normalized spacial score (nSPS) is 11.2. The zero-order valence-corrected chi connectivity index (χ0v) is 14.1. The Morgan fingerprint density at radius 3 is 2.58 bits per heavy atom. The molecule has 0 heterocycles. The number of phenols is 1. The quantitative estimate of drug-likeness (QED) is 0.653. The summed E-state index contributed by atoms with van der Waals surface area (Å²) in [6.07, 6.45) is 0. The van der Waals surface area contributed by atoms with Gasteiger partial charge in [-0.15, -0.1) is 0 Å². The molecule has 0 aliphatic heterocycles. The second-order valence-electron chi connectivity index (χ2n) is 5.38. The van der Waals surface area contributed by atoms with Crippen LogP contribution >= 0.6 is 0 Å². The number of aliphatic imine (C=N–C) groups is 1. The van der Waals surface area contributed by atoms with Crippen molar-refractivity contribution in [3.63, 3.8) is 0 Å². The lowest BCUT2D eigenvalue weighted by Gasteiger charge is -2.22. The van der Waals surface area contributed by atoms with Gasteiger partial charge in [0.15, 0.2) is 5.96 Å². The van der Waals surface area contributed by atoms with Crippen LogP contribution in [0.15, 0.2) is 47.5 Å². The van der Waals surface area contributed by atoms with Crippen molar-refractivity contribution in [2.24, 2.45) is 4.99 Å². The average molecular weight is 331 g/mol. The summed E-state index contributed by atoms with van der Waals surface area (Å²) in [5, 5.41) is 13.1. The van der Waals surface area contributed by atoms with Crippen LogP contribution in [0.4, 0.5) is 4.39 Å². The summed E-state index contributed by atoms with van der Waals surface area (Å²) in [5.41, 5.74) is 1.69. The Hall–Kier alpha value is -2.76. The third-order valence-electron chi connectivity index (χ3n) is 3.63. The van der Waals surface area contributed by atoms with E-state index in [9.17, 15) is 9.50 Å². The molecule has 5 nitrogen and oxygen atoms in total. The van der Waals surface area contributed by atoms with Gasteiger partial charge in [0.05, 0.1) is 7.11 Å². The summed E-state index contributed by atoms with van der Waals surface area (Å²) in [7, 11) is 5.16. The third-order valence-corrected chi connectivity index (χ3v) is 3.63. The van der Waals surface area contributed by atoms with Crippen molar-refractivity contribution in [3.8, 4) is 11.5 Å². The Morgan fingerprint density at radius 1 is 1.25 bits per heavy atom. The molecular formula is C18H22FN3O2. The van der Waals surface area contributed by atoms with Gasteiger partial charge in [-0.3, -0.25) is 4.99 Å². The summed E-state index contributed by atoms with van der Waals surface area (Å²) in [6.45, 7) is 0.994. The number of phenolic OH excluding ortho intramolecular Hbond substituents is 1. The van der Waals surface area contributed by atoms with E-state index in [-0.39, 0.29) is 11.6 Å². The zero-order chi connectivity index (χ0) is 17.5. The fraction of sp³-hybridized carbons (Fsp3) is 0.278. The Kier molecular flexibility index (Phi) is 6.01. The molecule has 0 spiro atoms. The number of nitrogens with one attached hydrogen (secondary N) is 1. The van der Waals surface area contributed by atoms with E-state index in [2.05, 4.69) is 10.3 Å². The van der Waals surface area contributed by atoms with Gasteiger partial charge in [0.2, 0.25) is 0 Å². The highest BCUT2D eigenvalue weighted by Gasteiger charge is 2.09. The first kappa shape index (κ1) is 17.6. The molecule has 2 aromatic carbocycles. The number of methoxy groups -OCH3 is 1. The van der Waals surface area contributed by atoms with Crippen LogP contribution in [0.1, 0.15) is 11.1 Å². The van der Waals surface area contributed by atoms with Gasteiger partial charge in [-0.05, 0) is 35.9 Å². The lowest BCUT2D eigenvalue weighted by atomic mass is 10.2. The number of rotatable bonds is 5. The standard InChI is InChI=1S/C18H22FN3O2/c1-20-18(22(2)12-13-4-6-15(19)7-5-13)21-11-14-10-16(24-3)8-9-17(14)23/h4-10,23H,11-12H2,1-3H3,(H,20,21). The lowest BCUT2D eigenvalue weighted by molar-refractivity contribution is 0.410. The summed E-state index contributed by atoms with van der Waals surface area (Å²) >= 11 is 0. The van der Waals surface area contributed by atoms with Gasteiger partial charge in [0, 0.05) is 32.7 Å². The van der Waals surface area contributed by atoms with E-state index < -0.39 is 0 Å². The van der Waals surface area contributed by atoms with Crippen LogP contribution < -0.4 is 10.1 Å². The summed E-state index contributed by atoms with van der Waals surface area (Å²) < 4.78 is 18.1. The molecule has 6 heteroatoms. The average Bonchev–Trinajstić information content (AvgIpc) is 2.59. The first-order valence-corrected chi connectivity index (χ1v) is 7.55. The molecule has 0 saturated carbocycles. The number of guanidine groups is 1. The van der Waals surface area contributed by atoms with Crippen LogP contribution in [-0.4, -0.2) is 37.2 Å². The molecule has 2 rings (SSSR count). The third kappa shape index (κ3) is 4.62. The van der Waals surface area contributed by atoms with Crippen molar-refractivity contribution in [2.75, 3.05) is 21.2 Å². The molecule has 0 bridgehead atoms. The highest BCUT2D eigenvalue weighted by atomic mass is 19.1. The van der Waals surface area contributed by atoms with Crippen LogP contribution in [0.5, 0.6) is 11.5 Å². The number of hydrogen-bond donors (Lipinski definition) is 2. The maximum atomic E-state index is 13.0. The predicted molar refractivity (Wildman–Crippen MR) is 92.7 cm³/mol. The van der Waals surface area contributed by atoms with Crippen LogP contribution in [0, 0.1) is 5.82 Å². The smallest absolute Gasteiger partial charge is 0.193 e. The highest BCUT2D eigenvalue weighted by Crippen LogP contribution is 2.22. The van der Waals surface area contributed by atoms with Gasteiger partial charge in [0.25, 0.3) is 0 Å². The van der Waals surface area contributed by atoms with E-state index in [0.29, 0.717) is 30.4 Å². The van der Waals surface area contributed by atoms with E-state index in [1.807, 2.05) is 11.9 Å². The molecule has 0 unspecified atom stereocenters. The first-order chi connectivity index (χ1) is 11.5. The van der Waals surface area contributed by atoms with Crippen molar-refractivity contribution in [3.05, 3.63) is 59.4 Å². The number of benzene rings is 2. The Labute approximate surface area is 141 Å². The number of nitrogens with zero attached hydrogens (tertiary/aromatic N) is 2. The molecule has 0 atom stereocenters.